The largest absolute Gasteiger partial charge is 0.456 e. The van der Waals surface area contributed by atoms with Crippen LogP contribution in [0.4, 0.5) is 0 Å². The van der Waals surface area contributed by atoms with Crippen LogP contribution in [0.1, 0.15) is 11.1 Å². The van der Waals surface area contributed by atoms with E-state index in [1.54, 1.807) is 0 Å². The molecule has 15 aromatic rings. The fourth-order valence-corrected chi connectivity index (χ4v) is 11.5. The summed E-state index contributed by atoms with van der Waals surface area (Å²) in [5, 5.41) is 34.6. The van der Waals surface area contributed by atoms with Gasteiger partial charge < -0.3 is 22.5 Å². The van der Waals surface area contributed by atoms with Crippen molar-refractivity contribution in [1.82, 2.24) is 13.7 Å². The molecule has 15 rings (SSSR count). The van der Waals surface area contributed by atoms with Gasteiger partial charge in [0.2, 0.25) is 0 Å². The molecule has 0 aliphatic rings. The summed E-state index contributed by atoms with van der Waals surface area (Å²) in [6, 6.07) is 74.2. The molecule has 5 aromatic heterocycles. The summed E-state index contributed by atoms with van der Waals surface area (Å²) in [5.74, 6) is 0. The quantitative estimate of drug-likeness (QED) is 0.176. The van der Waals surface area contributed by atoms with E-state index >= 15 is 0 Å². The van der Waals surface area contributed by atoms with E-state index in [9.17, 15) is 10.5 Å². The Kier molecular flexibility index (Phi) is 7.51. The normalized spacial score (nSPS) is 12.0. The lowest BCUT2D eigenvalue weighted by molar-refractivity contribution is 0.669. The third-order valence-corrected chi connectivity index (χ3v) is 14.3. The molecule has 0 atom stereocenters. The van der Waals surface area contributed by atoms with E-state index in [1.807, 2.05) is 54.6 Å². The predicted octanol–water partition coefficient (Wildman–Crippen LogP) is 16.2. The number of hydrogen-bond donors (Lipinski definition) is 0. The topological polar surface area (TPSA) is 88.6 Å². The first-order chi connectivity index (χ1) is 34.2. The van der Waals surface area contributed by atoms with Crippen LogP contribution >= 0.6 is 0 Å². The number of nitriles is 2. The second kappa shape index (κ2) is 13.9. The monoisotopic (exact) mass is 879 g/mol. The summed E-state index contributed by atoms with van der Waals surface area (Å²) in [4.78, 5) is 0. The molecule has 0 bridgehead atoms. The predicted molar refractivity (Wildman–Crippen MR) is 279 cm³/mol. The molecule has 318 valence electrons. The van der Waals surface area contributed by atoms with Crippen molar-refractivity contribution in [1.29, 1.82) is 10.5 Å². The Labute approximate surface area is 392 Å². The highest BCUT2D eigenvalue weighted by atomic mass is 16.3. The molecule has 0 spiro atoms. The Balaban J connectivity index is 1.26. The smallest absolute Gasteiger partial charge is 0.160 e. The molecule has 69 heavy (non-hydrogen) atoms. The molecule has 0 radical (unpaired) electrons. The SMILES string of the molecule is N#Cc1c(-n2c3ccccc3c3ccccc32)c(-c2ccc3oc4ccccc4c3c2)c(-n2c3ccccc3c3ccccc32)c(C#N)c1-n1c2ccccc2c2ccc3c4ccccc4oc3c21. The second-order valence-corrected chi connectivity index (χ2v) is 17.7. The lowest BCUT2D eigenvalue weighted by atomic mass is 9.91. The maximum atomic E-state index is 12.3. The van der Waals surface area contributed by atoms with Crippen LogP contribution in [-0.2, 0) is 0 Å². The lowest BCUT2D eigenvalue weighted by Crippen LogP contribution is -2.14. The van der Waals surface area contributed by atoms with E-state index in [-0.39, 0.29) is 0 Å². The highest BCUT2D eigenvalue weighted by molar-refractivity contribution is 6.22. The lowest BCUT2D eigenvalue weighted by Gasteiger charge is -2.26. The van der Waals surface area contributed by atoms with Gasteiger partial charge in [0.05, 0.1) is 50.2 Å². The minimum Gasteiger partial charge on any atom is -0.456 e. The Morgan fingerprint density at radius 1 is 0.319 bits per heavy atom. The van der Waals surface area contributed by atoms with Crippen LogP contribution in [0.2, 0.25) is 0 Å². The number of hydrogen-bond acceptors (Lipinski definition) is 4. The maximum Gasteiger partial charge on any atom is 0.160 e. The zero-order chi connectivity index (χ0) is 45.5. The Morgan fingerprint density at radius 2 is 0.710 bits per heavy atom. The zero-order valence-electron chi connectivity index (χ0n) is 36.6. The van der Waals surface area contributed by atoms with Crippen LogP contribution in [0.25, 0.3) is 137 Å². The molecule has 10 aromatic carbocycles. The van der Waals surface area contributed by atoms with E-state index in [1.165, 1.54) is 0 Å². The number of nitrogens with zero attached hydrogens (tertiary/aromatic N) is 5. The molecule has 0 aliphatic carbocycles. The highest BCUT2D eigenvalue weighted by Gasteiger charge is 2.34. The van der Waals surface area contributed by atoms with Gasteiger partial charge in [0.15, 0.2) is 5.58 Å². The van der Waals surface area contributed by atoms with Gasteiger partial charge >= 0.3 is 0 Å². The van der Waals surface area contributed by atoms with Crippen molar-refractivity contribution in [3.63, 3.8) is 0 Å². The van der Waals surface area contributed by atoms with E-state index in [0.29, 0.717) is 33.8 Å². The minimum atomic E-state index is 0.338. The number of fused-ring (bicyclic) bond motifs is 16. The number of para-hydroxylation sites is 7. The first-order valence-corrected chi connectivity index (χ1v) is 23.0. The molecular formula is C62H33N5O2. The summed E-state index contributed by atoms with van der Waals surface area (Å²) < 4.78 is 20.0. The number of rotatable bonds is 4. The highest BCUT2D eigenvalue weighted by Crippen LogP contribution is 2.50. The van der Waals surface area contributed by atoms with Gasteiger partial charge in [-0.1, -0.05) is 140 Å². The van der Waals surface area contributed by atoms with Crippen LogP contribution in [0, 0.1) is 22.7 Å². The van der Waals surface area contributed by atoms with Crippen LogP contribution < -0.4 is 0 Å². The average molecular weight is 880 g/mol. The number of benzene rings is 10. The standard InChI is InChI=1S/C62H33N5O2/c63-34-47-58(67-53-26-12-5-19-41(53)44-30-31-45-42-20-6-14-28-55(42)69-62(45)61(44)67)48(35-64)60(66-51-24-10-3-17-39(51)40-18-4-11-25-52(40)66)57(36-29-32-56-46(33-36)43-21-7-13-27-54(43)68-56)59(47)65-49-22-8-1-15-37(49)38-16-2-9-23-50(38)65/h1-33H. The van der Waals surface area contributed by atoms with Gasteiger partial charge in [-0.05, 0) is 66.2 Å². The molecule has 7 nitrogen and oxygen atoms in total. The van der Waals surface area contributed by atoms with Crippen LogP contribution in [-0.4, -0.2) is 13.7 Å². The van der Waals surface area contributed by atoms with Crippen molar-refractivity contribution in [3.05, 3.63) is 211 Å². The maximum absolute atomic E-state index is 12.3. The fraction of sp³-hybridized carbons (Fsp3) is 0. The molecule has 0 saturated carbocycles. The van der Waals surface area contributed by atoms with E-state index < -0.39 is 0 Å². The van der Waals surface area contributed by atoms with Gasteiger partial charge in [-0.15, -0.1) is 0 Å². The zero-order valence-corrected chi connectivity index (χ0v) is 36.6. The minimum absolute atomic E-state index is 0.338. The molecule has 0 fully saturated rings. The molecule has 5 heterocycles. The number of furan rings is 2. The average Bonchev–Trinajstić information content (AvgIpc) is 4.21. The third kappa shape index (κ3) is 4.92. The van der Waals surface area contributed by atoms with Crippen molar-refractivity contribution in [2.45, 2.75) is 0 Å². The van der Waals surface area contributed by atoms with E-state index in [0.717, 1.165) is 115 Å². The number of aromatic nitrogens is 3. The van der Waals surface area contributed by atoms with Crippen molar-refractivity contribution in [2.24, 2.45) is 0 Å². The van der Waals surface area contributed by atoms with Crippen LogP contribution in [0.15, 0.2) is 209 Å². The summed E-state index contributed by atoms with van der Waals surface area (Å²) in [6.45, 7) is 0. The van der Waals surface area contributed by atoms with Crippen LogP contribution in [0.5, 0.6) is 0 Å². The molecule has 0 N–H and O–H groups in total. The summed E-state index contributed by atoms with van der Waals surface area (Å²) in [5.41, 5.74) is 12.3. The third-order valence-electron chi connectivity index (χ3n) is 14.3. The van der Waals surface area contributed by atoms with Crippen molar-refractivity contribution < 1.29 is 8.83 Å². The molecule has 0 unspecified atom stereocenters. The van der Waals surface area contributed by atoms with Gasteiger partial charge in [-0.2, -0.15) is 10.5 Å². The molecule has 7 heteroatoms. The Bertz CT molecular complexity index is 4570. The van der Waals surface area contributed by atoms with Crippen molar-refractivity contribution in [2.75, 3.05) is 0 Å². The van der Waals surface area contributed by atoms with E-state index in [4.69, 9.17) is 8.83 Å². The van der Waals surface area contributed by atoms with Crippen LogP contribution in [0.3, 0.4) is 0 Å². The fourth-order valence-electron chi connectivity index (χ4n) is 11.5. The van der Waals surface area contributed by atoms with Crippen molar-refractivity contribution in [3.8, 4) is 40.3 Å². The summed E-state index contributed by atoms with van der Waals surface area (Å²) >= 11 is 0. The first kappa shape index (κ1) is 37.4. The summed E-state index contributed by atoms with van der Waals surface area (Å²) in [7, 11) is 0. The van der Waals surface area contributed by atoms with Gasteiger partial charge in [0.1, 0.15) is 40.0 Å². The second-order valence-electron chi connectivity index (χ2n) is 17.7. The summed E-state index contributed by atoms with van der Waals surface area (Å²) in [6.07, 6.45) is 0. The molecule has 0 amide bonds. The Morgan fingerprint density at radius 3 is 1.22 bits per heavy atom. The van der Waals surface area contributed by atoms with Gasteiger partial charge in [-0.25, -0.2) is 0 Å². The van der Waals surface area contributed by atoms with Gasteiger partial charge in [0.25, 0.3) is 0 Å². The van der Waals surface area contributed by atoms with Crippen molar-refractivity contribution >= 4 is 109 Å². The Hall–Kier alpha value is -9.82. The van der Waals surface area contributed by atoms with E-state index in [2.05, 4.69) is 171 Å². The molecule has 0 saturated heterocycles. The molecular weight excluding hydrogens is 847 g/mol. The van der Waals surface area contributed by atoms with Gasteiger partial charge in [-0.3, -0.25) is 0 Å². The van der Waals surface area contributed by atoms with Gasteiger partial charge in [0, 0.05) is 59.4 Å². The first-order valence-electron chi connectivity index (χ1n) is 23.0. The molecule has 0 aliphatic heterocycles.